The van der Waals surface area contributed by atoms with Gasteiger partial charge in [0.15, 0.2) is 5.13 Å². The Balaban J connectivity index is 1.56. The molecule has 3 aromatic rings. The molecule has 0 radical (unpaired) electrons. The monoisotopic (exact) mass is 395 g/mol. The summed E-state index contributed by atoms with van der Waals surface area (Å²) >= 11 is 1.39. The molecule has 2 N–H and O–H groups in total. The lowest BCUT2D eigenvalue weighted by molar-refractivity contribution is 0.0626. The van der Waals surface area contributed by atoms with E-state index < -0.39 is 0 Å². The molecule has 1 saturated heterocycles. The first kappa shape index (κ1) is 18.4. The zero-order valence-electron chi connectivity index (χ0n) is 15.5. The Hall–Kier alpha value is -2.97. The summed E-state index contributed by atoms with van der Waals surface area (Å²) in [6.07, 6.45) is 1.71. The van der Waals surface area contributed by atoms with E-state index in [1.807, 2.05) is 47.4 Å². The highest BCUT2D eigenvalue weighted by Crippen LogP contribution is 2.31. The lowest BCUT2D eigenvalue weighted by atomic mass is 10.0. The number of nitrogens with one attached hydrogen (secondary N) is 2. The van der Waals surface area contributed by atoms with Crippen LogP contribution >= 0.6 is 11.3 Å². The van der Waals surface area contributed by atoms with Crippen molar-refractivity contribution < 1.29 is 9.53 Å². The van der Waals surface area contributed by atoms with E-state index >= 15 is 0 Å². The number of nitrogens with zero attached hydrogens (tertiary/aromatic N) is 3. The molecule has 8 heteroatoms. The number of ether oxygens (including phenoxy) is 1. The molecule has 1 aliphatic heterocycles. The van der Waals surface area contributed by atoms with Crippen molar-refractivity contribution in [1.29, 1.82) is 0 Å². The Morgan fingerprint density at radius 3 is 2.96 bits per heavy atom. The number of amides is 1. The smallest absolute Gasteiger partial charge is 0.274 e. The number of thiazole rings is 1. The van der Waals surface area contributed by atoms with E-state index in [0.29, 0.717) is 29.7 Å². The van der Waals surface area contributed by atoms with Crippen LogP contribution in [0.25, 0.3) is 0 Å². The molecule has 0 saturated carbocycles. The summed E-state index contributed by atoms with van der Waals surface area (Å²) in [6.45, 7) is 2.04. The van der Waals surface area contributed by atoms with Crippen molar-refractivity contribution in [3.8, 4) is 5.75 Å². The van der Waals surface area contributed by atoms with Crippen molar-refractivity contribution in [2.45, 2.75) is 6.04 Å². The van der Waals surface area contributed by atoms with Crippen LogP contribution in [0, 0.1) is 0 Å². The Labute approximate surface area is 167 Å². The lowest BCUT2D eigenvalue weighted by Gasteiger charge is -2.36. The fraction of sp³-hybridized carbons (Fsp3) is 0.250. The van der Waals surface area contributed by atoms with Gasteiger partial charge >= 0.3 is 0 Å². The number of anilines is 2. The Bertz CT molecular complexity index is 947. The zero-order valence-corrected chi connectivity index (χ0v) is 16.3. The van der Waals surface area contributed by atoms with Gasteiger partial charge in [0.1, 0.15) is 17.3 Å². The van der Waals surface area contributed by atoms with Gasteiger partial charge in [0, 0.05) is 36.8 Å². The van der Waals surface area contributed by atoms with Crippen LogP contribution in [0.5, 0.6) is 5.75 Å². The minimum atomic E-state index is -0.105. The lowest BCUT2D eigenvalue weighted by Crippen LogP contribution is -2.48. The highest BCUT2D eigenvalue weighted by atomic mass is 32.1. The second kappa shape index (κ2) is 8.37. The standard InChI is InChI=1S/C20H21N5O2S/c1-27-17-7-3-2-6-14(17)16-12-21-10-11-25(16)19(26)15-13-28-20(23-15)24-18-8-4-5-9-22-18/h2-9,13,16,21H,10-12H2,1H3,(H,22,23,24). The van der Waals surface area contributed by atoms with E-state index in [1.54, 1.807) is 18.7 Å². The first-order valence-corrected chi connectivity index (χ1v) is 9.92. The average molecular weight is 395 g/mol. The highest BCUT2D eigenvalue weighted by Gasteiger charge is 2.31. The SMILES string of the molecule is COc1ccccc1C1CNCCN1C(=O)c1csc(Nc2ccccn2)n1. The minimum absolute atomic E-state index is 0.0808. The zero-order chi connectivity index (χ0) is 19.3. The molecule has 1 aliphatic rings. The molecule has 0 aliphatic carbocycles. The fourth-order valence-corrected chi connectivity index (χ4v) is 3.98. The van der Waals surface area contributed by atoms with E-state index in [2.05, 4.69) is 20.6 Å². The number of para-hydroxylation sites is 1. The van der Waals surface area contributed by atoms with E-state index in [1.165, 1.54) is 11.3 Å². The van der Waals surface area contributed by atoms with Crippen molar-refractivity contribution in [1.82, 2.24) is 20.2 Å². The maximum absolute atomic E-state index is 13.2. The van der Waals surface area contributed by atoms with Gasteiger partial charge in [-0.2, -0.15) is 0 Å². The number of hydrogen-bond donors (Lipinski definition) is 2. The Morgan fingerprint density at radius 2 is 2.14 bits per heavy atom. The summed E-state index contributed by atoms with van der Waals surface area (Å²) in [5.74, 6) is 1.40. The average Bonchev–Trinajstić information content (AvgIpc) is 3.22. The van der Waals surface area contributed by atoms with Crippen LogP contribution < -0.4 is 15.4 Å². The van der Waals surface area contributed by atoms with Gasteiger partial charge in [-0.05, 0) is 18.2 Å². The van der Waals surface area contributed by atoms with Crippen LogP contribution in [-0.4, -0.2) is 47.5 Å². The normalized spacial score (nSPS) is 16.6. The van der Waals surface area contributed by atoms with Gasteiger partial charge in [0.05, 0.1) is 13.2 Å². The number of carbonyl (C=O) groups excluding carboxylic acids is 1. The first-order valence-electron chi connectivity index (χ1n) is 9.04. The minimum Gasteiger partial charge on any atom is -0.496 e. The van der Waals surface area contributed by atoms with Crippen molar-refractivity contribution in [2.24, 2.45) is 0 Å². The predicted molar refractivity (Wildman–Crippen MR) is 109 cm³/mol. The molecular formula is C20H21N5O2S. The maximum atomic E-state index is 13.2. The van der Waals surface area contributed by atoms with E-state index in [0.717, 1.165) is 17.9 Å². The van der Waals surface area contributed by atoms with Gasteiger partial charge < -0.3 is 20.3 Å². The number of hydrogen-bond acceptors (Lipinski definition) is 7. The summed E-state index contributed by atoms with van der Waals surface area (Å²) in [5.41, 5.74) is 1.43. The predicted octanol–water partition coefficient (Wildman–Crippen LogP) is 3.08. The molecule has 144 valence electrons. The fourth-order valence-electron chi connectivity index (χ4n) is 3.29. The second-order valence-corrected chi connectivity index (χ2v) is 7.20. The molecule has 3 heterocycles. The van der Waals surface area contributed by atoms with Crippen LogP contribution in [-0.2, 0) is 0 Å². The summed E-state index contributed by atoms with van der Waals surface area (Å²) < 4.78 is 5.51. The van der Waals surface area contributed by atoms with Crippen LogP contribution in [0.1, 0.15) is 22.1 Å². The summed E-state index contributed by atoms with van der Waals surface area (Å²) in [5, 5.41) is 8.94. The third kappa shape index (κ3) is 3.83. The molecule has 0 spiro atoms. The highest BCUT2D eigenvalue weighted by molar-refractivity contribution is 7.14. The second-order valence-electron chi connectivity index (χ2n) is 6.34. The molecule has 7 nitrogen and oxygen atoms in total. The van der Waals surface area contributed by atoms with Gasteiger partial charge in [-0.25, -0.2) is 9.97 Å². The summed E-state index contributed by atoms with van der Waals surface area (Å²) in [6, 6.07) is 13.3. The number of rotatable bonds is 5. The number of benzene rings is 1. The molecule has 1 aromatic carbocycles. The quantitative estimate of drug-likeness (QED) is 0.691. The molecule has 4 rings (SSSR count). The largest absolute Gasteiger partial charge is 0.496 e. The van der Waals surface area contributed by atoms with Crippen LogP contribution in [0.15, 0.2) is 54.0 Å². The van der Waals surface area contributed by atoms with Gasteiger partial charge in [-0.15, -0.1) is 11.3 Å². The molecular weight excluding hydrogens is 374 g/mol. The van der Waals surface area contributed by atoms with Gasteiger partial charge in [-0.3, -0.25) is 4.79 Å². The third-order valence-electron chi connectivity index (χ3n) is 4.63. The summed E-state index contributed by atoms with van der Waals surface area (Å²) in [7, 11) is 1.65. The molecule has 1 atom stereocenters. The van der Waals surface area contributed by atoms with Crippen LogP contribution in [0.2, 0.25) is 0 Å². The Kier molecular flexibility index (Phi) is 5.50. The van der Waals surface area contributed by atoms with E-state index in [9.17, 15) is 4.79 Å². The van der Waals surface area contributed by atoms with Crippen molar-refractivity contribution in [3.63, 3.8) is 0 Å². The molecule has 0 bridgehead atoms. The number of carbonyl (C=O) groups is 1. The van der Waals surface area contributed by atoms with Crippen LogP contribution in [0.4, 0.5) is 10.9 Å². The molecule has 28 heavy (non-hydrogen) atoms. The topological polar surface area (TPSA) is 79.4 Å². The molecule has 1 amide bonds. The van der Waals surface area contributed by atoms with Crippen molar-refractivity contribution >= 4 is 28.2 Å². The van der Waals surface area contributed by atoms with Gasteiger partial charge in [-0.1, -0.05) is 24.3 Å². The number of pyridine rings is 1. The number of piperazine rings is 1. The first-order chi connectivity index (χ1) is 13.8. The molecule has 1 unspecified atom stereocenters. The van der Waals surface area contributed by atoms with Gasteiger partial charge in [0.2, 0.25) is 0 Å². The number of methoxy groups -OCH3 is 1. The maximum Gasteiger partial charge on any atom is 0.274 e. The Morgan fingerprint density at radius 1 is 1.29 bits per heavy atom. The molecule has 2 aromatic heterocycles. The van der Waals surface area contributed by atoms with E-state index in [4.69, 9.17) is 4.74 Å². The van der Waals surface area contributed by atoms with Crippen molar-refractivity contribution in [2.75, 3.05) is 32.1 Å². The molecule has 1 fully saturated rings. The van der Waals surface area contributed by atoms with E-state index in [-0.39, 0.29) is 11.9 Å². The summed E-state index contributed by atoms with van der Waals surface area (Å²) in [4.78, 5) is 23.8. The third-order valence-corrected chi connectivity index (χ3v) is 5.38. The number of aromatic nitrogens is 2. The van der Waals surface area contributed by atoms with Crippen LogP contribution in [0.3, 0.4) is 0 Å². The van der Waals surface area contributed by atoms with Crippen molar-refractivity contribution in [3.05, 3.63) is 65.3 Å². The van der Waals surface area contributed by atoms with Gasteiger partial charge in [0.25, 0.3) is 5.91 Å².